The molecule has 0 amide bonds. The molecule has 0 aromatic carbocycles. The summed E-state index contributed by atoms with van der Waals surface area (Å²) in [6, 6.07) is 0. The smallest absolute Gasteiger partial charge is 0.302 e. The van der Waals surface area contributed by atoms with E-state index < -0.39 is 7.82 Å². The first kappa shape index (κ1) is 9.81. The average molecular weight is 190 g/mol. The van der Waals surface area contributed by atoms with Gasteiger partial charge in [0.15, 0.2) is 0 Å². The van der Waals surface area contributed by atoms with Gasteiger partial charge in [0.1, 0.15) is 0 Å². The molecule has 4 nitrogen and oxygen atoms in total. The molecule has 9 heavy (non-hydrogen) atoms. The zero-order valence-electron chi connectivity index (χ0n) is 4.68. The molecule has 0 fully saturated rings. The normalized spacial score (nSPS) is 11.9. The van der Waals surface area contributed by atoms with Crippen molar-refractivity contribution in [3.05, 3.63) is 0 Å². The second-order valence-electron chi connectivity index (χ2n) is 1.04. The first-order valence-corrected chi connectivity index (χ1v) is 5.87. The average Bonchev–Trinajstić information content (AvgIpc) is 1.63. The van der Waals surface area contributed by atoms with Crippen LogP contribution in [0.4, 0.5) is 0 Å². The van der Waals surface area contributed by atoms with Gasteiger partial charge >= 0.3 is 7.82 Å². The van der Waals surface area contributed by atoms with E-state index in [1.54, 1.807) is 0 Å². The minimum absolute atomic E-state index is 0.714. The Bertz CT molecular complexity index is 111. The summed E-state index contributed by atoms with van der Waals surface area (Å²) < 4.78 is 14.0. The van der Waals surface area contributed by atoms with Crippen molar-refractivity contribution >= 4 is 29.7 Å². The van der Waals surface area contributed by atoms with E-state index in [2.05, 4.69) is 3.97 Å². The molecular formula is C2H7O4PS2. The van der Waals surface area contributed by atoms with Crippen LogP contribution < -0.4 is 0 Å². The van der Waals surface area contributed by atoms with E-state index in [-0.39, 0.29) is 0 Å². The molecule has 0 aliphatic carbocycles. The van der Waals surface area contributed by atoms with Crippen LogP contribution in [0.15, 0.2) is 0 Å². The van der Waals surface area contributed by atoms with E-state index in [1.807, 2.05) is 6.92 Å². The maximum Gasteiger partial charge on any atom is 0.481 e. The van der Waals surface area contributed by atoms with Crippen LogP contribution in [0.25, 0.3) is 0 Å². The van der Waals surface area contributed by atoms with Crippen LogP contribution in [0, 0.1) is 0 Å². The van der Waals surface area contributed by atoms with Crippen molar-refractivity contribution in [1.82, 2.24) is 0 Å². The fourth-order valence-electron chi connectivity index (χ4n) is 0.109. The molecule has 0 radical (unpaired) electrons. The zero-order chi connectivity index (χ0) is 7.33. The number of hydrogen-bond donors (Lipinski definition) is 2. The number of phosphoric acid groups is 1. The van der Waals surface area contributed by atoms with Crippen molar-refractivity contribution in [1.29, 1.82) is 0 Å². The quantitative estimate of drug-likeness (QED) is 0.302. The Morgan fingerprint density at radius 1 is 1.67 bits per heavy atom. The Hall–Kier alpha value is 0.810. The standard InChI is InChI=1S/C2H7O4PS2/c1-2-8-9-6-7(3,4)5/h2H2,1H3,(H2,3,4,5). The van der Waals surface area contributed by atoms with E-state index >= 15 is 0 Å². The summed E-state index contributed by atoms with van der Waals surface area (Å²) in [4.78, 5) is 16.2. The Morgan fingerprint density at radius 2 is 2.22 bits per heavy atom. The van der Waals surface area contributed by atoms with Crippen molar-refractivity contribution in [2.24, 2.45) is 0 Å². The molecule has 0 aliphatic heterocycles. The Labute approximate surface area is 61.2 Å². The van der Waals surface area contributed by atoms with Gasteiger partial charge in [0, 0.05) is 5.75 Å². The molecule has 0 aliphatic rings. The van der Waals surface area contributed by atoms with Gasteiger partial charge in [-0.3, -0.25) is 0 Å². The summed E-state index contributed by atoms with van der Waals surface area (Å²) in [6.07, 6.45) is 0. The lowest BCUT2D eigenvalue weighted by molar-refractivity contribution is 0.300. The highest BCUT2D eigenvalue weighted by Crippen LogP contribution is 2.44. The molecule has 56 valence electrons. The first-order chi connectivity index (χ1) is 4.06. The highest BCUT2D eigenvalue weighted by molar-refractivity contribution is 8.75. The van der Waals surface area contributed by atoms with Gasteiger partial charge in [-0.15, -0.1) is 0 Å². The van der Waals surface area contributed by atoms with Crippen LogP contribution in [-0.2, 0) is 8.54 Å². The van der Waals surface area contributed by atoms with Gasteiger partial charge in [0.2, 0.25) is 0 Å². The van der Waals surface area contributed by atoms with Gasteiger partial charge in [0.05, 0.1) is 11.1 Å². The molecule has 0 aromatic rings. The molecule has 0 rings (SSSR count). The molecule has 0 saturated carbocycles. The fourth-order valence-corrected chi connectivity index (χ4v) is 2.08. The van der Waals surface area contributed by atoms with E-state index in [0.29, 0.717) is 11.1 Å². The van der Waals surface area contributed by atoms with Gasteiger partial charge in [-0.25, -0.2) is 8.54 Å². The highest BCUT2D eigenvalue weighted by Gasteiger charge is 2.13. The van der Waals surface area contributed by atoms with Crippen LogP contribution in [-0.4, -0.2) is 15.5 Å². The van der Waals surface area contributed by atoms with Gasteiger partial charge in [-0.2, -0.15) is 0 Å². The summed E-state index contributed by atoms with van der Waals surface area (Å²) in [5, 5.41) is 0. The maximum absolute atomic E-state index is 9.94. The van der Waals surface area contributed by atoms with Crippen molar-refractivity contribution in [2.45, 2.75) is 6.92 Å². The lowest BCUT2D eigenvalue weighted by Crippen LogP contribution is -1.74. The van der Waals surface area contributed by atoms with E-state index in [1.165, 1.54) is 10.8 Å². The molecule has 0 spiro atoms. The zero-order valence-corrected chi connectivity index (χ0v) is 7.21. The molecule has 0 heterocycles. The fraction of sp³-hybridized carbons (Fsp3) is 1.00. The topological polar surface area (TPSA) is 66.8 Å². The molecule has 0 atom stereocenters. The summed E-state index contributed by atoms with van der Waals surface area (Å²) >= 11 is 0.714. The third-order valence-electron chi connectivity index (χ3n) is 0.293. The van der Waals surface area contributed by atoms with Gasteiger partial charge < -0.3 is 9.79 Å². The molecule has 0 saturated heterocycles. The number of rotatable bonds is 4. The van der Waals surface area contributed by atoms with Crippen molar-refractivity contribution in [3.63, 3.8) is 0 Å². The van der Waals surface area contributed by atoms with Crippen LogP contribution in [0.3, 0.4) is 0 Å². The van der Waals surface area contributed by atoms with Gasteiger partial charge in [-0.05, 0) is 0 Å². The van der Waals surface area contributed by atoms with Crippen molar-refractivity contribution in [3.8, 4) is 0 Å². The molecule has 7 heteroatoms. The molecular weight excluding hydrogens is 183 g/mol. The van der Waals surface area contributed by atoms with Gasteiger partial charge in [0.25, 0.3) is 0 Å². The maximum atomic E-state index is 9.94. The lowest BCUT2D eigenvalue weighted by Gasteiger charge is -1.99. The van der Waals surface area contributed by atoms with Crippen molar-refractivity contribution in [2.75, 3.05) is 5.75 Å². The summed E-state index contributed by atoms with van der Waals surface area (Å²) in [5.41, 5.74) is 0. The Morgan fingerprint density at radius 3 is 2.56 bits per heavy atom. The molecule has 0 bridgehead atoms. The first-order valence-electron chi connectivity index (χ1n) is 2.09. The molecule has 2 N–H and O–H groups in total. The summed E-state index contributed by atoms with van der Waals surface area (Å²) in [5.74, 6) is 0.755. The van der Waals surface area contributed by atoms with Crippen LogP contribution >= 0.6 is 29.7 Å². The SMILES string of the molecule is CCSSOP(=O)(O)O. The van der Waals surface area contributed by atoms with E-state index in [9.17, 15) is 4.57 Å². The van der Waals surface area contributed by atoms with Crippen molar-refractivity contribution < 1.29 is 18.3 Å². The minimum atomic E-state index is -4.25. The third kappa shape index (κ3) is 8.81. The third-order valence-corrected chi connectivity index (χ3v) is 3.19. The largest absolute Gasteiger partial charge is 0.481 e. The highest BCUT2D eigenvalue weighted by atomic mass is 33.1. The Kier molecular flexibility index (Phi) is 5.01. The molecule has 0 aromatic heterocycles. The summed E-state index contributed by atoms with van der Waals surface area (Å²) in [7, 11) is -3.02. The predicted octanol–water partition coefficient (Wildman–Crippen LogP) is 1.41. The second kappa shape index (κ2) is 4.60. The van der Waals surface area contributed by atoms with Crippen LogP contribution in [0.1, 0.15) is 6.92 Å². The second-order valence-corrected chi connectivity index (χ2v) is 4.68. The number of hydrogen-bond acceptors (Lipinski definition) is 4. The molecule has 0 unspecified atom stereocenters. The van der Waals surface area contributed by atoms with Gasteiger partial charge in [-0.1, -0.05) is 17.7 Å². The van der Waals surface area contributed by atoms with E-state index in [4.69, 9.17) is 9.79 Å². The van der Waals surface area contributed by atoms with E-state index in [0.717, 1.165) is 5.75 Å². The Balaban J connectivity index is 3.18. The monoisotopic (exact) mass is 190 g/mol. The predicted molar refractivity (Wildman–Crippen MR) is 38.9 cm³/mol. The van der Waals surface area contributed by atoms with Crippen LogP contribution in [0.5, 0.6) is 0 Å². The lowest BCUT2D eigenvalue weighted by atomic mass is 11.0. The summed E-state index contributed by atoms with van der Waals surface area (Å²) in [6.45, 7) is 1.86. The van der Waals surface area contributed by atoms with Crippen LogP contribution in [0.2, 0.25) is 0 Å². The minimum Gasteiger partial charge on any atom is -0.302 e.